The Morgan fingerprint density at radius 1 is 0.636 bits per heavy atom. The van der Waals surface area contributed by atoms with Crippen molar-refractivity contribution in [2.45, 2.75) is 11.8 Å². The second kappa shape index (κ2) is 5.64. The summed E-state index contributed by atoms with van der Waals surface area (Å²) in [5.74, 6) is -4.32. The van der Waals surface area contributed by atoms with E-state index in [1.807, 2.05) is 36.4 Å². The third-order valence-electron chi connectivity index (χ3n) is 4.49. The summed E-state index contributed by atoms with van der Waals surface area (Å²) in [6.07, 6.45) is 0. The van der Waals surface area contributed by atoms with Crippen LogP contribution in [0, 0.1) is 11.8 Å². The van der Waals surface area contributed by atoms with Gasteiger partial charge >= 0.3 is 11.9 Å². The van der Waals surface area contributed by atoms with Gasteiger partial charge in [0.05, 0.1) is 11.8 Å². The molecular formula is C18H16O4. The van der Waals surface area contributed by atoms with E-state index in [4.69, 9.17) is 0 Å². The van der Waals surface area contributed by atoms with Crippen molar-refractivity contribution in [3.63, 3.8) is 0 Å². The summed E-state index contributed by atoms with van der Waals surface area (Å²) in [6.45, 7) is 0. The van der Waals surface area contributed by atoms with Crippen LogP contribution >= 0.6 is 0 Å². The molecule has 1 saturated carbocycles. The van der Waals surface area contributed by atoms with Crippen molar-refractivity contribution < 1.29 is 19.8 Å². The molecule has 0 bridgehead atoms. The van der Waals surface area contributed by atoms with Crippen LogP contribution in [0.15, 0.2) is 60.7 Å². The lowest BCUT2D eigenvalue weighted by Crippen LogP contribution is -2.50. The Morgan fingerprint density at radius 3 is 1.23 bits per heavy atom. The van der Waals surface area contributed by atoms with Crippen LogP contribution in [0.4, 0.5) is 0 Å². The zero-order valence-corrected chi connectivity index (χ0v) is 11.8. The Bertz CT molecular complexity index is 611. The molecule has 0 heterocycles. The highest BCUT2D eigenvalue weighted by molar-refractivity contribution is 5.83. The van der Waals surface area contributed by atoms with E-state index in [0.29, 0.717) is 0 Å². The number of rotatable bonds is 4. The molecule has 0 atom stereocenters. The van der Waals surface area contributed by atoms with Crippen molar-refractivity contribution in [2.75, 3.05) is 0 Å². The highest BCUT2D eigenvalue weighted by Crippen LogP contribution is 2.57. The summed E-state index contributed by atoms with van der Waals surface area (Å²) in [5, 5.41) is 19.2. The number of aliphatic carboxylic acids is 2. The monoisotopic (exact) mass is 296 g/mol. The van der Waals surface area contributed by atoms with Gasteiger partial charge in [-0.25, -0.2) is 0 Å². The fourth-order valence-electron chi connectivity index (χ4n) is 3.54. The van der Waals surface area contributed by atoms with E-state index in [1.54, 1.807) is 24.3 Å². The summed E-state index contributed by atoms with van der Waals surface area (Å²) in [6, 6.07) is 18.1. The number of carbonyl (C=O) groups is 2. The van der Waals surface area contributed by atoms with Gasteiger partial charge in [0.15, 0.2) is 0 Å². The molecule has 0 amide bonds. The second-order valence-electron chi connectivity index (χ2n) is 5.60. The first kappa shape index (κ1) is 14.3. The van der Waals surface area contributed by atoms with Crippen LogP contribution < -0.4 is 0 Å². The summed E-state index contributed by atoms with van der Waals surface area (Å²) >= 11 is 0. The fraction of sp³-hybridized carbons (Fsp3) is 0.222. The van der Waals surface area contributed by atoms with Gasteiger partial charge in [-0.2, -0.15) is 0 Å². The van der Waals surface area contributed by atoms with Gasteiger partial charge in [0, 0.05) is 11.8 Å². The molecule has 4 nitrogen and oxygen atoms in total. The van der Waals surface area contributed by atoms with Crippen molar-refractivity contribution in [3.05, 3.63) is 71.8 Å². The van der Waals surface area contributed by atoms with Crippen molar-refractivity contribution >= 4 is 11.9 Å². The Labute approximate surface area is 128 Å². The topological polar surface area (TPSA) is 74.6 Å². The highest BCUT2D eigenvalue weighted by Gasteiger charge is 2.58. The van der Waals surface area contributed by atoms with Crippen molar-refractivity contribution in [1.82, 2.24) is 0 Å². The lowest BCUT2D eigenvalue weighted by Gasteiger charge is -2.48. The van der Waals surface area contributed by atoms with Crippen LogP contribution in [-0.4, -0.2) is 22.2 Å². The summed E-state index contributed by atoms with van der Waals surface area (Å²) in [4.78, 5) is 23.4. The first-order chi connectivity index (χ1) is 10.6. The number of carboxylic acids is 2. The quantitative estimate of drug-likeness (QED) is 0.909. The summed E-state index contributed by atoms with van der Waals surface area (Å²) in [7, 11) is 0. The lowest BCUT2D eigenvalue weighted by atomic mass is 9.52. The number of carboxylic acid groups (broad SMARTS) is 2. The van der Waals surface area contributed by atoms with Crippen LogP contribution in [0.2, 0.25) is 0 Å². The normalized spacial score (nSPS) is 26.9. The molecule has 0 aliphatic heterocycles. The van der Waals surface area contributed by atoms with Crippen molar-refractivity contribution in [2.24, 2.45) is 11.8 Å². The van der Waals surface area contributed by atoms with E-state index in [1.165, 1.54) is 0 Å². The first-order valence-electron chi connectivity index (χ1n) is 7.16. The average Bonchev–Trinajstić information content (AvgIpc) is 2.47. The summed E-state index contributed by atoms with van der Waals surface area (Å²) in [5.41, 5.74) is 1.55. The number of hydrogen-bond acceptors (Lipinski definition) is 2. The molecule has 0 saturated heterocycles. The molecule has 22 heavy (non-hydrogen) atoms. The van der Waals surface area contributed by atoms with E-state index in [2.05, 4.69) is 0 Å². The molecule has 0 radical (unpaired) electrons. The molecule has 1 aliphatic rings. The minimum Gasteiger partial charge on any atom is -0.481 e. The number of benzene rings is 2. The molecule has 2 aromatic carbocycles. The maximum absolute atomic E-state index is 11.7. The molecule has 2 aromatic rings. The van der Waals surface area contributed by atoms with Crippen molar-refractivity contribution in [3.8, 4) is 0 Å². The van der Waals surface area contributed by atoms with Gasteiger partial charge in [-0.3, -0.25) is 9.59 Å². The number of hydrogen-bond donors (Lipinski definition) is 2. The summed E-state index contributed by atoms with van der Waals surface area (Å²) < 4.78 is 0. The van der Waals surface area contributed by atoms with Gasteiger partial charge in [-0.15, -0.1) is 0 Å². The molecule has 2 N–H and O–H groups in total. The van der Waals surface area contributed by atoms with E-state index in [0.717, 1.165) is 11.1 Å². The molecular weight excluding hydrogens is 280 g/mol. The molecule has 0 aromatic heterocycles. The second-order valence-corrected chi connectivity index (χ2v) is 5.60. The van der Waals surface area contributed by atoms with E-state index >= 15 is 0 Å². The zero-order chi connectivity index (χ0) is 15.7. The smallest absolute Gasteiger partial charge is 0.307 e. The third kappa shape index (κ3) is 2.26. The fourth-order valence-corrected chi connectivity index (χ4v) is 3.54. The van der Waals surface area contributed by atoms with E-state index in [9.17, 15) is 19.8 Å². The SMILES string of the molecule is O=C(O)C1C(c2ccccc2)[C@H](C(=O)O)[C@@H]1c1ccccc1. The Kier molecular flexibility index (Phi) is 3.67. The maximum atomic E-state index is 11.7. The molecule has 3 rings (SSSR count). The standard InChI is InChI=1S/C18H16O4/c19-17(20)15-13(11-7-3-1-4-8-11)16(18(21)22)14(15)12-9-5-2-6-10-12/h1-10,13-16H,(H,19,20)(H,21,22)/t13-,14?,15+,16?/m0/s1. The van der Waals surface area contributed by atoms with Crippen LogP contribution in [0.1, 0.15) is 23.0 Å². The minimum absolute atomic E-state index is 0.499. The molecule has 4 heteroatoms. The minimum atomic E-state index is -0.944. The Hall–Kier alpha value is -2.62. The van der Waals surface area contributed by atoms with Gasteiger partial charge in [0.1, 0.15) is 0 Å². The van der Waals surface area contributed by atoms with Crippen LogP contribution in [-0.2, 0) is 9.59 Å². The van der Waals surface area contributed by atoms with Gasteiger partial charge in [-0.05, 0) is 11.1 Å². The predicted octanol–water partition coefficient (Wildman–Crippen LogP) is 2.97. The molecule has 0 unspecified atom stereocenters. The van der Waals surface area contributed by atoms with E-state index in [-0.39, 0.29) is 0 Å². The van der Waals surface area contributed by atoms with Gasteiger partial charge < -0.3 is 10.2 Å². The van der Waals surface area contributed by atoms with Crippen LogP contribution in [0.5, 0.6) is 0 Å². The van der Waals surface area contributed by atoms with Crippen LogP contribution in [0.25, 0.3) is 0 Å². The molecule has 1 fully saturated rings. The van der Waals surface area contributed by atoms with E-state index < -0.39 is 35.6 Å². The lowest BCUT2D eigenvalue weighted by molar-refractivity contribution is -0.159. The molecule has 112 valence electrons. The zero-order valence-electron chi connectivity index (χ0n) is 11.8. The molecule has 0 spiro atoms. The Balaban J connectivity index is 2.04. The molecule has 1 aliphatic carbocycles. The predicted molar refractivity (Wildman–Crippen MR) is 80.6 cm³/mol. The largest absolute Gasteiger partial charge is 0.481 e. The van der Waals surface area contributed by atoms with Gasteiger partial charge in [0.25, 0.3) is 0 Å². The van der Waals surface area contributed by atoms with Crippen molar-refractivity contribution in [1.29, 1.82) is 0 Å². The highest BCUT2D eigenvalue weighted by atomic mass is 16.4. The maximum Gasteiger partial charge on any atom is 0.307 e. The van der Waals surface area contributed by atoms with Gasteiger partial charge in [0.2, 0.25) is 0 Å². The Morgan fingerprint density at radius 2 is 0.955 bits per heavy atom. The first-order valence-corrected chi connectivity index (χ1v) is 7.16. The van der Waals surface area contributed by atoms with Gasteiger partial charge in [-0.1, -0.05) is 60.7 Å². The average molecular weight is 296 g/mol. The van der Waals surface area contributed by atoms with Crippen LogP contribution in [0.3, 0.4) is 0 Å². The third-order valence-corrected chi connectivity index (χ3v) is 4.49.